The molecule has 170 valence electrons. The highest BCUT2D eigenvalue weighted by atomic mass is 35.5. The number of benzene rings is 1. The van der Waals surface area contributed by atoms with Crippen molar-refractivity contribution in [2.45, 2.75) is 64.2 Å². The Hall–Kier alpha value is -1.83. The highest BCUT2D eigenvalue weighted by molar-refractivity contribution is 7.99. The van der Waals surface area contributed by atoms with Gasteiger partial charge >= 0.3 is 0 Å². The monoisotopic (exact) mass is 489 g/mol. The number of aromatic nitrogens is 2. The summed E-state index contributed by atoms with van der Waals surface area (Å²) < 4.78 is 1.79. The minimum Gasteiger partial charge on any atom is -0.351 e. The summed E-state index contributed by atoms with van der Waals surface area (Å²) in [6.07, 6.45) is 5.22. The van der Waals surface area contributed by atoms with Gasteiger partial charge < -0.3 is 5.32 Å². The summed E-state index contributed by atoms with van der Waals surface area (Å²) in [4.78, 5) is 33.0. The zero-order valence-electron chi connectivity index (χ0n) is 18.4. The van der Waals surface area contributed by atoms with Crippen molar-refractivity contribution in [2.75, 3.05) is 5.75 Å². The number of carbonyl (C=O) groups excluding carboxylic acids is 1. The van der Waals surface area contributed by atoms with Gasteiger partial charge in [0.05, 0.1) is 11.1 Å². The van der Waals surface area contributed by atoms with Gasteiger partial charge in [0.1, 0.15) is 4.83 Å². The average Bonchev–Trinajstić information content (AvgIpc) is 3.15. The van der Waals surface area contributed by atoms with Gasteiger partial charge in [-0.2, -0.15) is 0 Å². The van der Waals surface area contributed by atoms with Crippen LogP contribution < -0.4 is 10.9 Å². The number of fused-ring (bicyclic) bond motifs is 3. The maximum atomic E-state index is 13.5. The van der Waals surface area contributed by atoms with E-state index in [-0.39, 0.29) is 17.2 Å². The van der Waals surface area contributed by atoms with E-state index in [0.29, 0.717) is 29.2 Å². The molecule has 0 aliphatic heterocycles. The van der Waals surface area contributed by atoms with Crippen LogP contribution in [-0.4, -0.2) is 21.2 Å². The van der Waals surface area contributed by atoms with Crippen LogP contribution in [0.25, 0.3) is 10.2 Å². The van der Waals surface area contributed by atoms with E-state index in [4.69, 9.17) is 16.6 Å². The topological polar surface area (TPSA) is 64.0 Å². The third kappa shape index (κ3) is 5.38. The molecule has 1 N–H and O–H groups in total. The first-order valence-corrected chi connectivity index (χ1v) is 13.3. The number of thiophene rings is 1. The largest absolute Gasteiger partial charge is 0.351 e. The second-order valence-corrected chi connectivity index (χ2v) is 11.1. The van der Waals surface area contributed by atoms with Gasteiger partial charge in [-0.1, -0.05) is 49.3 Å². The Labute approximate surface area is 201 Å². The van der Waals surface area contributed by atoms with Gasteiger partial charge in [-0.05, 0) is 61.3 Å². The van der Waals surface area contributed by atoms with Crippen molar-refractivity contribution in [1.82, 2.24) is 14.9 Å². The van der Waals surface area contributed by atoms with Crippen molar-refractivity contribution >= 4 is 50.8 Å². The van der Waals surface area contributed by atoms with Crippen LogP contribution >= 0.6 is 34.7 Å². The maximum absolute atomic E-state index is 13.5. The van der Waals surface area contributed by atoms with E-state index in [1.165, 1.54) is 28.6 Å². The Morgan fingerprint density at radius 3 is 2.75 bits per heavy atom. The number of nitrogens with one attached hydrogen (secondary N) is 1. The van der Waals surface area contributed by atoms with Crippen molar-refractivity contribution in [3.63, 3.8) is 0 Å². The van der Waals surface area contributed by atoms with E-state index >= 15 is 0 Å². The van der Waals surface area contributed by atoms with E-state index in [9.17, 15) is 9.59 Å². The molecule has 32 heavy (non-hydrogen) atoms. The first-order valence-electron chi connectivity index (χ1n) is 11.1. The van der Waals surface area contributed by atoms with Crippen LogP contribution in [0.1, 0.15) is 49.1 Å². The molecular formula is C24H28ClN3O2S2. The van der Waals surface area contributed by atoms with Crippen molar-refractivity contribution in [2.24, 2.45) is 5.92 Å². The average molecular weight is 490 g/mol. The van der Waals surface area contributed by atoms with Crippen LogP contribution in [0.15, 0.2) is 34.2 Å². The van der Waals surface area contributed by atoms with Gasteiger partial charge in [-0.25, -0.2) is 4.98 Å². The van der Waals surface area contributed by atoms with Crippen molar-refractivity contribution in [1.29, 1.82) is 0 Å². The first kappa shape index (κ1) is 23.3. The molecule has 0 atom stereocenters. The molecule has 4 rings (SSSR count). The lowest BCUT2D eigenvalue weighted by Gasteiger charge is -2.14. The van der Waals surface area contributed by atoms with E-state index < -0.39 is 0 Å². The summed E-state index contributed by atoms with van der Waals surface area (Å²) >= 11 is 8.91. The number of rotatable bonds is 8. The van der Waals surface area contributed by atoms with Gasteiger partial charge in [-0.15, -0.1) is 11.3 Å². The molecule has 8 heteroatoms. The molecule has 0 radical (unpaired) electrons. The van der Waals surface area contributed by atoms with Crippen molar-refractivity contribution in [3.05, 3.63) is 55.6 Å². The lowest BCUT2D eigenvalue weighted by Crippen LogP contribution is -2.27. The number of halogens is 1. The summed E-state index contributed by atoms with van der Waals surface area (Å²) in [6.45, 7) is 5.38. The van der Waals surface area contributed by atoms with E-state index in [1.807, 2.05) is 24.3 Å². The predicted molar refractivity (Wildman–Crippen MR) is 134 cm³/mol. The molecule has 1 amide bonds. The molecule has 0 saturated carbocycles. The zero-order valence-corrected chi connectivity index (χ0v) is 20.8. The van der Waals surface area contributed by atoms with Gasteiger partial charge in [0.15, 0.2) is 5.16 Å². The van der Waals surface area contributed by atoms with Crippen LogP contribution in [0, 0.1) is 5.92 Å². The molecule has 1 aromatic carbocycles. The lowest BCUT2D eigenvalue weighted by atomic mass is 9.97. The summed E-state index contributed by atoms with van der Waals surface area (Å²) in [6, 6.07) is 7.41. The Morgan fingerprint density at radius 1 is 1.25 bits per heavy atom. The Morgan fingerprint density at radius 2 is 2.00 bits per heavy atom. The highest BCUT2D eigenvalue weighted by Gasteiger charge is 2.22. The number of amides is 1. The molecule has 5 nitrogen and oxygen atoms in total. The number of nitrogens with zero attached hydrogens (tertiary/aromatic N) is 2. The second-order valence-electron chi connectivity index (χ2n) is 8.62. The number of hydrogen-bond acceptors (Lipinski definition) is 5. The summed E-state index contributed by atoms with van der Waals surface area (Å²) in [5, 5.41) is 5.06. The van der Waals surface area contributed by atoms with E-state index in [2.05, 4.69) is 19.2 Å². The fraction of sp³-hybridized carbons (Fsp3) is 0.458. The second kappa shape index (κ2) is 10.4. The SMILES string of the molecule is CC(C)CCn1c(SCC(=O)NCc2ccc(Cl)cc2)nc2sc3c(c2c1=O)CCCC3. The molecule has 2 heterocycles. The molecule has 0 fully saturated rings. The third-order valence-corrected chi connectivity index (χ3v) is 8.12. The smallest absolute Gasteiger partial charge is 0.263 e. The Bertz CT molecular complexity index is 1170. The van der Waals surface area contributed by atoms with Crippen LogP contribution in [0.2, 0.25) is 5.02 Å². The highest BCUT2D eigenvalue weighted by Crippen LogP contribution is 2.34. The standard InChI is InChI=1S/C24H28ClN3O2S2/c1-15(2)11-12-28-23(30)21-18-5-3-4-6-19(18)32-22(21)27-24(28)31-14-20(29)26-13-16-7-9-17(25)10-8-16/h7-10,15H,3-6,11-14H2,1-2H3,(H,26,29). The third-order valence-electron chi connectivity index (χ3n) is 5.71. The molecule has 2 aromatic heterocycles. The van der Waals surface area contributed by atoms with Crippen molar-refractivity contribution in [3.8, 4) is 0 Å². The molecule has 0 bridgehead atoms. The maximum Gasteiger partial charge on any atom is 0.263 e. The summed E-state index contributed by atoms with van der Waals surface area (Å²) in [5.74, 6) is 0.618. The number of hydrogen-bond donors (Lipinski definition) is 1. The van der Waals surface area contributed by atoms with Crippen LogP contribution in [0.4, 0.5) is 0 Å². The lowest BCUT2D eigenvalue weighted by molar-refractivity contribution is -0.118. The molecule has 0 unspecified atom stereocenters. The van der Waals surface area contributed by atoms with E-state index in [1.54, 1.807) is 15.9 Å². The zero-order chi connectivity index (χ0) is 22.7. The molecule has 1 aliphatic carbocycles. The number of thioether (sulfide) groups is 1. The Kier molecular flexibility index (Phi) is 7.59. The summed E-state index contributed by atoms with van der Waals surface area (Å²) in [5.41, 5.74) is 2.26. The van der Waals surface area contributed by atoms with Gasteiger partial charge in [0, 0.05) is 23.0 Å². The molecule has 3 aromatic rings. The quantitative estimate of drug-likeness (QED) is 0.338. The van der Waals surface area contributed by atoms with Gasteiger partial charge in [0.25, 0.3) is 5.56 Å². The van der Waals surface area contributed by atoms with E-state index in [0.717, 1.165) is 41.5 Å². The fourth-order valence-corrected chi connectivity index (χ4v) is 6.18. The fourth-order valence-electron chi connectivity index (χ4n) is 3.90. The molecule has 1 aliphatic rings. The summed E-state index contributed by atoms with van der Waals surface area (Å²) in [7, 11) is 0. The van der Waals surface area contributed by atoms with Crippen LogP contribution in [0.3, 0.4) is 0 Å². The van der Waals surface area contributed by atoms with Crippen LogP contribution in [-0.2, 0) is 30.7 Å². The van der Waals surface area contributed by atoms with Crippen molar-refractivity contribution < 1.29 is 4.79 Å². The number of carbonyl (C=O) groups is 1. The molecule has 0 spiro atoms. The minimum atomic E-state index is -0.0832. The predicted octanol–water partition coefficient (Wildman–Crippen LogP) is 5.44. The van der Waals surface area contributed by atoms with Gasteiger partial charge in [0.2, 0.25) is 5.91 Å². The van der Waals surface area contributed by atoms with Crippen LogP contribution in [0.5, 0.6) is 0 Å². The normalized spacial score (nSPS) is 13.5. The molecule has 0 saturated heterocycles. The Balaban J connectivity index is 1.53. The van der Waals surface area contributed by atoms with Gasteiger partial charge in [-0.3, -0.25) is 14.2 Å². The minimum absolute atomic E-state index is 0.0547. The number of aryl methyl sites for hydroxylation is 2. The first-order chi connectivity index (χ1) is 15.4. The molecular weight excluding hydrogens is 462 g/mol.